The first kappa shape index (κ1) is 11.5. The first-order chi connectivity index (χ1) is 7.65. The Morgan fingerprint density at radius 2 is 1.69 bits per heavy atom. The molecule has 0 aliphatic rings. The number of hydrogen-bond donors (Lipinski definition) is 0. The fraction of sp³-hybridized carbons (Fsp3) is 0.143. The highest BCUT2D eigenvalue weighted by Gasteiger charge is 2.02. The van der Waals surface area contributed by atoms with E-state index in [1.54, 1.807) is 0 Å². The van der Waals surface area contributed by atoms with Gasteiger partial charge in [0.1, 0.15) is 0 Å². The van der Waals surface area contributed by atoms with Crippen molar-refractivity contribution in [3.05, 3.63) is 69.2 Å². The molecule has 2 rings (SSSR count). The van der Waals surface area contributed by atoms with Gasteiger partial charge < -0.3 is 0 Å². The van der Waals surface area contributed by atoms with Gasteiger partial charge in [0.05, 0.1) is 10.0 Å². The maximum Gasteiger partial charge on any atom is 0.0503 e. The number of benzene rings is 2. The van der Waals surface area contributed by atoms with E-state index in [0.29, 0.717) is 10.0 Å². The van der Waals surface area contributed by atoms with Crippen molar-refractivity contribution in [3.63, 3.8) is 0 Å². The van der Waals surface area contributed by atoms with Crippen LogP contribution in [0, 0.1) is 13.0 Å². The second kappa shape index (κ2) is 4.90. The molecule has 0 fully saturated rings. The lowest BCUT2D eigenvalue weighted by Crippen LogP contribution is -1.91. The van der Waals surface area contributed by atoms with Crippen LogP contribution in [0.25, 0.3) is 0 Å². The third kappa shape index (κ3) is 2.78. The summed E-state index contributed by atoms with van der Waals surface area (Å²) >= 11 is 11.8. The molecule has 0 aliphatic carbocycles. The van der Waals surface area contributed by atoms with E-state index in [9.17, 15) is 0 Å². The van der Waals surface area contributed by atoms with E-state index in [1.165, 1.54) is 11.1 Å². The van der Waals surface area contributed by atoms with Crippen molar-refractivity contribution >= 4 is 23.2 Å². The van der Waals surface area contributed by atoms with Crippen LogP contribution in [0.3, 0.4) is 0 Å². The molecule has 1 radical (unpaired) electrons. The molecule has 0 aliphatic heterocycles. The van der Waals surface area contributed by atoms with Crippen LogP contribution < -0.4 is 0 Å². The Balaban J connectivity index is 2.30. The topological polar surface area (TPSA) is 0 Å². The molecule has 2 heteroatoms. The van der Waals surface area contributed by atoms with Crippen molar-refractivity contribution in [3.8, 4) is 0 Å². The summed E-state index contributed by atoms with van der Waals surface area (Å²) in [7, 11) is 0. The van der Waals surface area contributed by atoms with Crippen LogP contribution in [0.4, 0.5) is 0 Å². The number of halogens is 2. The number of hydrogen-bond acceptors (Lipinski definition) is 0. The number of rotatable bonds is 2. The molecule has 0 heterocycles. The van der Waals surface area contributed by atoms with Crippen molar-refractivity contribution in [1.82, 2.24) is 0 Å². The van der Waals surface area contributed by atoms with E-state index >= 15 is 0 Å². The smallest absolute Gasteiger partial charge is 0.0503 e. The zero-order valence-corrected chi connectivity index (χ0v) is 10.4. The van der Waals surface area contributed by atoms with Gasteiger partial charge in [-0.25, -0.2) is 0 Å². The van der Waals surface area contributed by atoms with Crippen LogP contribution in [-0.2, 0) is 6.42 Å². The first-order valence-corrected chi connectivity index (χ1v) is 5.82. The van der Waals surface area contributed by atoms with Gasteiger partial charge in [0, 0.05) is 6.07 Å². The van der Waals surface area contributed by atoms with Gasteiger partial charge in [0.15, 0.2) is 0 Å². The maximum atomic E-state index is 5.92. The van der Waals surface area contributed by atoms with Crippen molar-refractivity contribution in [1.29, 1.82) is 0 Å². The van der Waals surface area contributed by atoms with E-state index < -0.39 is 0 Å². The summed E-state index contributed by atoms with van der Waals surface area (Å²) in [5.41, 5.74) is 3.69. The van der Waals surface area contributed by atoms with Gasteiger partial charge >= 0.3 is 0 Å². The van der Waals surface area contributed by atoms with Gasteiger partial charge in [-0.05, 0) is 42.2 Å². The summed E-state index contributed by atoms with van der Waals surface area (Å²) in [6.45, 7) is 2.10. The minimum Gasteiger partial charge on any atom is -0.0836 e. The Morgan fingerprint density at radius 3 is 2.31 bits per heavy atom. The molecular weight excluding hydrogens is 239 g/mol. The molecule has 16 heavy (non-hydrogen) atoms. The molecule has 0 nitrogen and oxygen atoms in total. The largest absolute Gasteiger partial charge is 0.0836 e. The Labute approximate surface area is 106 Å². The predicted molar refractivity (Wildman–Crippen MR) is 69.3 cm³/mol. The molecule has 0 N–H and O–H groups in total. The van der Waals surface area contributed by atoms with Gasteiger partial charge in [0.2, 0.25) is 0 Å². The molecule has 0 unspecified atom stereocenters. The Kier molecular flexibility index (Phi) is 3.52. The molecule has 0 aromatic heterocycles. The third-order valence-corrected chi connectivity index (χ3v) is 2.93. The molecular formula is C14H11Cl2. The molecule has 0 bridgehead atoms. The molecule has 0 spiro atoms. The first-order valence-electron chi connectivity index (χ1n) is 5.07. The highest BCUT2D eigenvalue weighted by molar-refractivity contribution is 6.34. The summed E-state index contributed by atoms with van der Waals surface area (Å²) < 4.78 is 0. The maximum absolute atomic E-state index is 5.92. The second-order valence-corrected chi connectivity index (χ2v) is 4.60. The van der Waals surface area contributed by atoms with Gasteiger partial charge in [-0.15, -0.1) is 0 Å². The third-order valence-electron chi connectivity index (χ3n) is 2.52. The molecule has 2 aromatic carbocycles. The normalized spacial score (nSPS) is 10.4. The zero-order valence-electron chi connectivity index (χ0n) is 8.93. The van der Waals surface area contributed by atoms with Gasteiger partial charge in [-0.3, -0.25) is 0 Å². The average molecular weight is 250 g/mol. The summed E-state index contributed by atoms with van der Waals surface area (Å²) in [5, 5.41) is 1.13. The predicted octanol–water partition coefficient (Wildman–Crippen LogP) is 4.69. The van der Waals surface area contributed by atoms with Crippen LogP contribution in [0.1, 0.15) is 16.7 Å². The zero-order chi connectivity index (χ0) is 11.5. The van der Waals surface area contributed by atoms with Gasteiger partial charge in [-0.2, -0.15) is 0 Å². The fourth-order valence-corrected chi connectivity index (χ4v) is 2.22. The lowest BCUT2D eigenvalue weighted by Gasteiger charge is -2.06. The highest BCUT2D eigenvalue weighted by Crippen LogP contribution is 2.21. The summed E-state index contributed by atoms with van der Waals surface area (Å²) in [6, 6.07) is 15.0. The van der Waals surface area contributed by atoms with Crippen molar-refractivity contribution in [2.75, 3.05) is 0 Å². The van der Waals surface area contributed by atoms with Crippen LogP contribution in [-0.4, -0.2) is 0 Å². The summed E-state index contributed by atoms with van der Waals surface area (Å²) in [4.78, 5) is 0. The van der Waals surface area contributed by atoms with Crippen molar-refractivity contribution < 1.29 is 0 Å². The summed E-state index contributed by atoms with van der Waals surface area (Å²) in [5.74, 6) is 0. The highest BCUT2D eigenvalue weighted by atomic mass is 35.5. The lowest BCUT2D eigenvalue weighted by atomic mass is 10.0. The van der Waals surface area contributed by atoms with Crippen LogP contribution in [0.15, 0.2) is 36.4 Å². The van der Waals surface area contributed by atoms with Crippen molar-refractivity contribution in [2.24, 2.45) is 0 Å². The molecule has 0 saturated carbocycles. The van der Waals surface area contributed by atoms with E-state index in [2.05, 4.69) is 25.1 Å². The molecule has 0 atom stereocenters. The Bertz CT molecular complexity index is 484. The minimum absolute atomic E-state index is 0.566. The second-order valence-electron chi connectivity index (χ2n) is 3.79. The molecule has 0 amide bonds. The molecule has 0 saturated heterocycles. The van der Waals surface area contributed by atoms with Gasteiger partial charge in [0.25, 0.3) is 0 Å². The number of aryl methyl sites for hydroxylation is 1. The lowest BCUT2D eigenvalue weighted by molar-refractivity contribution is 1.16. The average Bonchev–Trinajstić information content (AvgIpc) is 2.20. The SMILES string of the molecule is Cc1ccccc1Cc1cc(Cl)[c]c(Cl)c1. The van der Waals surface area contributed by atoms with Crippen LogP contribution in [0.5, 0.6) is 0 Å². The van der Waals surface area contributed by atoms with Crippen LogP contribution in [0.2, 0.25) is 10.0 Å². The summed E-state index contributed by atoms with van der Waals surface area (Å²) in [6.07, 6.45) is 0.848. The van der Waals surface area contributed by atoms with E-state index in [4.69, 9.17) is 23.2 Å². The molecule has 81 valence electrons. The quantitative estimate of drug-likeness (QED) is 0.725. The molecule has 2 aromatic rings. The Hall–Kier alpha value is -0.980. The van der Waals surface area contributed by atoms with E-state index in [1.807, 2.05) is 24.3 Å². The van der Waals surface area contributed by atoms with E-state index in [-0.39, 0.29) is 0 Å². The monoisotopic (exact) mass is 249 g/mol. The minimum atomic E-state index is 0.566. The van der Waals surface area contributed by atoms with Gasteiger partial charge in [-0.1, -0.05) is 47.5 Å². The standard InChI is InChI=1S/C14H11Cl2/c1-10-4-2-3-5-12(10)6-11-7-13(15)9-14(16)8-11/h2-5,7-8H,6H2,1H3. The fourth-order valence-electron chi connectivity index (χ4n) is 1.68. The Morgan fingerprint density at radius 1 is 1.06 bits per heavy atom. The van der Waals surface area contributed by atoms with Crippen LogP contribution >= 0.6 is 23.2 Å². The van der Waals surface area contributed by atoms with Crippen molar-refractivity contribution in [2.45, 2.75) is 13.3 Å². The van der Waals surface area contributed by atoms with E-state index in [0.717, 1.165) is 12.0 Å².